The number of nitrogens with one attached hydrogen (secondary N) is 1. The van der Waals surface area contributed by atoms with Crippen LogP contribution in [0.3, 0.4) is 0 Å². The van der Waals surface area contributed by atoms with Crippen molar-refractivity contribution in [1.82, 2.24) is 10.3 Å². The quantitative estimate of drug-likeness (QED) is 0.811. The monoisotopic (exact) mass is 232 g/mol. The third kappa shape index (κ3) is 3.81. The fraction of sp³-hybridized carbons (Fsp3) is 0.667. The van der Waals surface area contributed by atoms with Gasteiger partial charge < -0.3 is 5.32 Å². The summed E-state index contributed by atoms with van der Waals surface area (Å²) in [6.07, 6.45) is 5.54. The van der Waals surface area contributed by atoms with Crippen LogP contribution < -0.4 is 5.32 Å². The lowest BCUT2D eigenvalue weighted by molar-refractivity contribution is 0.481. The van der Waals surface area contributed by atoms with Crippen LogP contribution in [-0.2, 0) is 0 Å². The number of hydrogen-bond acceptors (Lipinski definition) is 2. The van der Waals surface area contributed by atoms with E-state index in [1.54, 1.807) is 0 Å². The summed E-state index contributed by atoms with van der Waals surface area (Å²) in [6, 6.07) is 4.97. The third-order valence-electron chi connectivity index (χ3n) is 3.52. The Morgan fingerprint density at radius 2 is 1.94 bits per heavy atom. The molecular formula is C15H24N2. The molecule has 1 aliphatic rings. The SMILES string of the molecule is CCNC(CCC1CC1)c1cc(C)nc(C)c1. The van der Waals surface area contributed by atoms with Crippen LogP contribution in [0.4, 0.5) is 0 Å². The molecule has 1 fully saturated rings. The van der Waals surface area contributed by atoms with Crippen LogP contribution in [-0.4, -0.2) is 11.5 Å². The Morgan fingerprint density at radius 1 is 1.29 bits per heavy atom. The first-order chi connectivity index (χ1) is 8.19. The number of aryl methyl sites for hydroxylation is 2. The van der Waals surface area contributed by atoms with Crippen LogP contribution in [0.2, 0.25) is 0 Å². The minimum absolute atomic E-state index is 0.515. The van der Waals surface area contributed by atoms with Gasteiger partial charge in [0.1, 0.15) is 0 Å². The molecule has 0 amide bonds. The van der Waals surface area contributed by atoms with Crippen molar-refractivity contribution < 1.29 is 0 Å². The number of aromatic nitrogens is 1. The van der Waals surface area contributed by atoms with Crippen LogP contribution >= 0.6 is 0 Å². The second kappa shape index (κ2) is 5.63. The van der Waals surface area contributed by atoms with Crippen molar-refractivity contribution in [3.05, 3.63) is 29.1 Å². The standard InChI is InChI=1S/C15H24N2/c1-4-16-15(8-7-13-5-6-13)14-9-11(2)17-12(3)10-14/h9-10,13,15-16H,4-8H2,1-3H3. The number of nitrogens with zero attached hydrogens (tertiary/aromatic N) is 1. The van der Waals surface area contributed by atoms with Crippen LogP contribution in [0.5, 0.6) is 0 Å². The Bertz CT molecular complexity index is 349. The molecule has 17 heavy (non-hydrogen) atoms. The Labute approximate surface area is 105 Å². The minimum Gasteiger partial charge on any atom is -0.310 e. The van der Waals surface area contributed by atoms with Gasteiger partial charge in [-0.1, -0.05) is 19.8 Å². The molecule has 0 saturated heterocycles. The molecule has 1 atom stereocenters. The molecule has 0 aliphatic heterocycles. The Balaban J connectivity index is 2.05. The van der Waals surface area contributed by atoms with Gasteiger partial charge >= 0.3 is 0 Å². The number of pyridine rings is 1. The lowest BCUT2D eigenvalue weighted by Gasteiger charge is -2.19. The second-order valence-electron chi connectivity index (χ2n) is 5.31. The predicted octanol–water partition coefficient (Wildman–Crippen LogP) is 3.54. The average molecular weight is 232 g/mol. The summed E-state index contributed by atoms with van der Waals surface area (Å²) in [5.74, 6) is 1.01. The second-order valence-corrected chi connectivity index (χ2v) is 5.31. The van der Waals surface area contributed by atoms with Gasteiger partial charge in [0.05, 0.1) is 0 Å². The number of rotatable bonds is 6. The summed E-state index contributed by atoms with van der Waals surface area (Å²) in [5.41, 5.74) is 3.68. The molecule has 1 aromatic heterocycles. The zero-order valence-electron chi connectivity index (χ0n) is 11.3. The van der Waals surface area contributed by atoms with E-state index >= 15 is 0 Å². The van der Waals surface area contributed by atoms with Gasteiger partial charge in [0.2, 0.25) is 0 Å². The molecule has 2 rings (SSSR count). The summed E-state index contributed by atoms with van der Waals surface area (Å²) < 4.78 is 0. The highest BCUT2D eigenvalue weighted by atomic mass is 14.9. The maximum Gasteiger partial charge on any atom is 0.0379 e. The summed E-state index contributed by atoms with van der Waals surface area (Å²) in [5, 5.41) is 3.61. The molecular weight excluding hydrogens is 208 g/mol. The largest absolute Gasteiger partial charge is 0.310 e. The van der Waals surface area contributed by atoms with Gasteiger partial charge in [-0.15, -0.1) is 0 Å². The van der Waals surface area contributed by atoms with E-state index in [2.05, 4.69) is 43.2 Å². The molecule has 2 heteroatoms. The van der Waals surface area contributed by atoms with Gasteiger partial charge in [0.25, 0.3) is 0 Å². The van der Waals surface area contributed by atoms with Crippen LogP contribution in [0.25, 0.3) is 0 Å². The Hall–Kier alpha value is -0.890. The lowest BCUT2D eigenvalue weighted by Crippen LogP contribution is -2.21. The first kappa shape index (κ1) is 12.6. The smallest absolute Gasteiger partial charge is 0.0379 e. The molecule has 1 aromatic rings. The molecule has 0 aromatic carbocycles. The van der Waals surface area contributed by atoms with Crippen molar-refractivity contribution in [3.8, 4) is 0 Å². The topological polar surface area (TPSA) is 24.9 Å². The van der Waals surface area contributed by atoms with E-state index < -0.39 is 0 Å². The van der Waals surface area contributed by atoms with Gasteiger partial charge in [-0.05, 0) is 56.8 Å². The maximum absolute atomic E-state index is 4.46. The summed E-state index contributed by atoms with van der Waals surface area (Å²) in [6.45, 7) is 7.39. The van der Waals surface area contributed by atoms with E-state index in [4.69, 9.17) is 0 Å². The van der Waals surface area contributed by atoms with E-state index in [1.165, 1.54) is 31.2 Å². The molecule has 2 nitrogen and oxygen atoms in total. The first-order valence-electron chi connectivity index (χ1n) is 6.87. The van der Waals surface area contributed by atoms with Crippen molar-refractivity contribution >= 4 is 0 Å². The third-order valence-corrected chi connectivity index (χ3v) is 3.52. The van der Waals surface area contributed by atoms with E-state index in [-0.39, 0.29) is 0 Å². The maximum atomic E-state index is 4.46. The fourth-order valence-electron chi connectivity index (χ4n) is 2.51. The molecule has 1 N–H and O–H groups in total. The molecule has 1 heterocycles. The molecule has 1 aliphatic carbocycles. The van der Waals surface area contributed by atoms with E-state index in [0.29, 0.717) is 6.04 Å². The van der Waals surface area contributed by atoms with E-state index in [9.17, 15) is 0 Å². The summed E-state index contributed by atoms with van der Waals surface area (Å²) in [7, 11) is 0. The highest BCUT2D eigenvalue weighted by Crippen LogP contribution is 2.36. The fourth-order valence-corrected chi connectivity index (χ4v) is 2.51. The molecule has 1 unspecified atom stereocenters. The summed E-state index contributed by atoms with van der Waals surface area (Å²) in [4.78, 5) is 4.46. The average Bonchev–Trinajstić information content (AvgIpc) is 3.06. The molecule has 1 saturated carbocycles. The van der Waals surface area contributed by atoms with Gasteiger partial charge in [0, 0.05) is 17.4 Å². The first-order valence-corrected chi connectivity index (χ1v) is 6.87. The Morgan fingerprint density at radius 3 is 2.47 bits per heavy atom. The predicted molar refractivity (Wildman–Crippen MR) is 72.1 cm³/mol. The highest BCUT2D eigenvalue weighted by Gasteiger charge is 2.23. The summed E-state index contributed by atoms with van der Waals surface area (Å²) >= 11 is 0. The van der Waals surface area contributed by atoms with Gasteiger partial charge in [-0.25, -0.2) is 0 Å². The molecule has 0 radical (unpaired) electrons. The van der Waals surface area contributed by atoms with Crippen LogP contribution in [0.15, 0.2) is 12.1 Å². The molecule has 0 spiro atoms. The lowest BCUT2D eigenvalue weighted by atomic mass is 10.00. The van der Waals surface area contributed by atoms with Gasteiger partial charge in [-0.2, -0.15) is 0 Å². The minimum atomic E-state index is 0.515. The van der Waals surface area contributed by atoms with Crippen LogP contribution in [0, 0.1) is 19.8 Å². The van der Waals surface area contributed by atoms with Crippen molar-refractivity contribution in [3.63, 3.8) is 0 Å². The highest BCUT2D eigenvalue weighted by molar-refractivity contribution is 5.23. The van der Waals surface area contributed by atoms with Crippen molar-refractivity contribution in [2.45, 2.75) is 52.5 Å². The zero-order valence-corrected chi connectivity index (χ0v) is 11.3. The molecule has 94 valence electrons. The van der Waals surface area contributed by atoms with Crippen molar-refractivity contribution in [2.75, 3.05) is 6.54 Å². The van der Waals surface area contributed by atoms with Crippen LogP contribution in [0.1, 0.15) is 55.6 Å². The van der Waals surface area contributed by atoms with Crippen molar-refractivity contribution in [2.24, 2.45) is 5.92 Å². The van der Waals surface area contributed by atoms with Gasteiger partial charge in [0.15, 0.2) is 0 Å². The Kier molecular flexibility index (Phi) is 4.16. The van der Waals surface area contributed by atoms with Crippen molar-refractivity contribution in [1.29, 1.82) is 0 Å². The van der Waals surface area contributed by atoms with Gasteiger partial charge in [-0.3, -0.25) is 4.98 Å². The zero-order chi connectivity index (χ0) is 12.3. The normalized spacial score (nSPS) is 17.1. The van der Waals surface area contributed by atoms with E-state index in [1.807, 2.05) is 0 Å². The number of hydrogen-bond donors (Lipinski definition) is 1. The van der Waals surface area contributed by atoms with E-state index in [0.717, 1.165) is 23.9 Å². The molecule has 0 bridgehead atoms.